The van der Waals surface area contributed by atoms with E-state index in [-0.39, 0.29) is 112 Å². The largest absolute Gasteiger partial charge is 0.457 e. The van der Waals surface area contributed by atoms with Crippen molar-refractivity contribution >= 4 is 106 Å². The molecule has 3 saturated heterocycles. The van der Waals surface area contributed by atoms with E-state index in [0.717, 1.165) is 0 Å². The molecule has 0 bridgehead atoms. The molecule has 3 aliphatic rings. The number of rotatable bonds is 24. The number of hydrogen-bond donors (Lipinski definition) is 0. The first kappa shape index (κ1) is 98.8. The fourth-order valence-corrected chi connectivity index (χ4v) is 15.3. The summed E-state index contributed by atoms with van der Waals surface area (Å²) in [5, 5.41) is 0. The molecule has 9 amide bonds. The number of halogens is 6. The van der Waals surface area contributed by atoms with Gasteiger partial charge in [-0.1, -0.05) is 112 Å². The maximum Gasteiger partial charge on any atom is 0.410 e. The third-order valence-corrected chi connectivity index (χ3v) is 21.8. The van der Waals surface area contributed by atoms with Crippen molar-refractivity contribution < 1.29 is 84.7 Å². The predicted molar refractivity (Wildman–Crippen MR) is 492 cm³/mol. The third-order valence-electron chi connectivity index (χ3n) is 21.1. The fourth-order valence-electron chi connectivity index (χ4n) is 15.0. The van der Waals surface area contributed by atoms with Crippen LogP contribution in [0.5, 0.6) is 34.5 Å². The molecule has 0 aromatic heterocycles. The Kier molecular flexibility index (Phi) is 34.9. The first-order chi connectivity index (χ1) is 61.5. The van der Waals surface area contributed by atoms with Gasteiger partial charge in [-0.3, -0.25) is 43.5 Å². The van der Waals surface area contributed by atoms with Crippen LogP contribution in [0, 0.1) is 17.5 Å². The van der Waals surface area contributed by atoms with E-state index < -0.39 is 88.4 Å². The number of ether oxygens (including phenoxy) is 6. The third kappa shape index (κ3) is 27.4. The van der Waals surface area contributed by atoms with Gasteiger partial charge in [-0.05, 0) is 244 Å². The van der Waals surface area contributed by atoms with E-state index >= 15 is 0 Å². The molecule has 24 nitrogen and oxygen atoms in total. The summed E-state index contributed by atoms with van der Waals surface area (Å²) in [6.45, 7) is 24.3. The van der Waals surface area contributed by atoms with Gasteiger partial charge in [-0.15, -0.1) is 34.8 Å². The summed E-state index contributed by atoms with van der Waals surface area (Å²) in [5.74, 6) is -1.54. The summed E-state index contributed by atoms with van der Waals surface area (Å²) in [6.07, 6.45) is 0.488. The fraction of sp³-hybridized carbons (Fsp3) is 0.364. The van der Waals surface area contributed by atoms with Gasteiger partial charge in [0, 0.05) is 76.0 Å². The van der Waals surface area contributed by atoms with Gasteiger partial charge < -0.3 is 57.8 Å². The Balaban J connectivity index is 0.000000201. The van der Waals surface area contributed by atoms with Gasteiger partial charge >= 0.3 is 18.3 Å². The topological polar surface area (TPSA) is 238 Å². The second-order valence-corrected chi connectivity index (χ2v) is 34.6. The van der Waals surface area contributed by atoms with Crippen LogP contribution in [0.25, 0.3) is 0 Å². The van der Waals surface area contributed by atoms with Gasteiger partial charge in [-0.2, -0.15) is 0 Å². The number of para-hydroxylation sites is 3. The molecule has 30 heteroatoms. The van der Waals surface area contributed by atoms with Crippen LogP contribution in [0.2, 0.25) is 0 Å². The molecule has 3 heterocycles. The average molecular weight is 1830 g/mol. The van der Waals surface area contributed by atoms with Crippen LogP contribution in [-0.2, 0) is 43.0 Å². The summed E-state index contributed by atoms with van der Waals surface area (Å²) in [5.41, 5.74) is 0.598. The maximum atomic E-state index is 14.3. The highest BCUT2D eigenvalue weighted by molar-refractivity contribution is 6.31. The maximum absolute atomic E-state index is 14.3. The number of anilines is 3. The number of carbonyl (C=O) groups is 9. The summed E-state index contributed by atoms with van der Waals surface area (Å²) < 4.78 is 76.3. The van der Waals surface area contributed by atoms with Crippen LogP contribution in [0.15, 0.2) is 237 Å². The van der Waals surface area contributed by atoms with Gasteiger partial charge in [0.25, 0.3) is 17.7 Å². The van der Waals surface area contributed by atoms with Crippen molar-refractivity contribution in [2.75, 3.05) is 91.2 Å². The Morgan fingerprint density at radius 1 is 0.318 bits per heavy atom. The summed E-state index contributed by atoms with van der Waals surface area (Å²) >= 11 is 18.2. The van der Waals surface area contributed by atoms with Crippen molar-refractivity contribution in [3.63, 3.8) is 0 Å². The zero-order valence-electron chi connectivity index (χ0n) is 74.5. The molecule has 0 aliphatic carbocycles. The summed E-state index contributed by atoms with van der Waals surface area (Å²) in [7, 11) is 0. The predicted octanol–water partition coefficient (Wildman–Crippen LogP) is 20.4. The highest BCUT2D eigenvalue weighted by Crippen LogP contribution is 2.39. The first-order valence-corrected chi connectivity index (χ1v) is 44.4. The molecule has 0 N–H and O–H groups in total. The van der Waals surface area contributed by atoms with Crippen molar-refractivity contribution in [1.29, 1.82) is 0 Å². The molecule has 6 atom stereocenters. The minimum atomic E-state index is -1.13. The number of nitrogens with zero attached hydrogens (tertiary/aromatic N) is 9. The van der Waals surface area contributed by atoms with Crippen molar-refractivity contribution in [1.82, 2.24) is 29.4 Å². The Morgan fingerprint density at radius 3 is 0.721 bits per heavy atom. The number of hydrogen-bond acceptors (Lipinski definition) is 15. The normalized spacial score (nSPS) is 15.9. The lowest BCUT2D eigenvalue weighted by atomic mass is 10.0. The quantitative estimate of drug-likeness (QED) is 0.0404. The lowest BCUT2D eigenvalue weighted by Gasteiger charge is -2.43. The lowest BCUT2D eigenvalue weighted by molar-refractivity contribution is -0.137. The van der Waals surface area contributed by atoms with Crippen molar-refractivity contribution in [2.45, 2.75) is 155 Å². The lowest BCUT2D eigenvalue weighted by Crippen LogP contribution is -2.59. The van der Waals surface area contributed by atoms with E-state index in [1.807, 2.05) is 174 Å². The Labute approximate surface area is 767 Å². The SMILES string of the molecule is CC[C@@H]1CN(C(=O)[C@@H](c2ccc(F)cc2)N(C(=O)CCl)c2ccc(Oc3ccccc3)cc2)CCN1C(=O)OC(C)(C)C.CC[C@@H]1CN(C(=O)[C@H](c2ccc(F)cc2)N(C(=O)CCl)c2ccc(Oc3ccccc3)cc2)CCN1C(=O)OC(C)(C)C.CC[C@H]1CN(C(=O)[C@H](c2ccc(F)cc2)N(C(=O)CCl)c2ccc(Oc3ccccc3)cc2)CCN1C(=O)OC(C)(C)C. The van der Waals surface area contributed by atoms with Crippen molar-refractivity contribution in [3.8, 4) is 34.5 Å². The smallest absolute Gasteiger partial charge is 0.410 e. The van der Waals surface area contributed by atoms with Crippen LogP contribution < -0.4 is 28.9 Å². The molecule has 12 rings (SSSR count). The van der Waals surface area contributed by atoms with Gasteiger partial charge in [0.2, 0.25) is 17.7 Å². The molecule has 3 aliphatic heterocycles. The Morgan fingerprint density at radius 2 is 0.527 bits per heavy atom. The molecule has 0 unspecified atom stereocenters. The van der Waals surface area contributed by atoms with E-state index in [9.17, 15) is 56.3 Å². The standard InChI is InChI=1S/3C33H37ClFN3O5/c3*1-5-25-22-36(19-20-37(25)32(41)43-33(2,3)4)31(40)30(23-11-13-24(35)14-12-23)38(29(39)21-34)26-15-17-28(18-16-26)42-27-9-7-6-8-10-27/h3*6-18,25,30H,5,19-22H2,1-4H3/t25-,30+;2*25-,30-/m110/s1. The minimum Gasteiger partial charge on any atom is -0.457 e. The van der Waals surface area contributed by atoms with Crippen LogP contribution in [0.4, 0.5) is 44.6 Å². The Hall–Kier alpha value is -12.3. The monoisotopic (exact) mass is 1830 g/mol. The van der Waals surface area contributed by atoms with Crippen LogP contribution in [0.1, 0.15) is 137 Å². The van der Waals surface area contributed by atoms with E-state index in [0.29, 0.717) is 87.5 Å². The first-order valence-electron chi connectivity index (χ1n) is 42.8. The molecule has 3 fully saturated rings. The summed E-state index contributed by atoms with van der Waals surface area (Å²) in [4.78, 5) is 136. The van der Waals surface area contributed by atoms with Gasteiger partial charge in [0.05, 0.1) is 18.1 Å². The van der Waals surface area contributed by atoms with Crippen LogP contribution in [-0.4, -0.2) is 195 Å². The van der Waals surface area contributed by atoms with Gasteiger partial charge in [-0.25, -0.2) is 27.6 Å². The number of benzene rings is 9. The zero-order valence-corrected chi connectivity index (χ0v) is 76.8. The Bertz CT molecular complexity index is 4710. The van der Waals surface area contributed by atoms with Gasteiger partial charge in [0.15, 0.2) is 0 Å². The molecule has 0 radical (unpaired) electrons. The van der Waals surface area contributed by atoms with Crippen molar-refractivity contribution in [3.05, 3.63) is 271 Å². The minimum absolute atomic E-state index is 0.235. The highest BCUT2D eigenvalue weighted by Gasteiger charge is 2.45. The van der Waals surface area contributed by atoms with E-state index in [1.54, 1.807) is 102 Å². The van der Waals surface area contributed by atoms with E-state index in [2.05, 4.69) is 0 Å². The molecule has 684 valence electrons. The summed E-state index contributed by atoms with van der Waals surface area (Å²) in [6, 6.07) is 60.4. The molecule has 9 aromatic carbocycles. The average Bonchev–Trinajstić information content (AvgIpc) is 0.787. The second kappa shape index (κ2) is 45.6. The molecular formula is C99H111Cl3F3N9O15. The van der Waals surface area contributed by atoms with E-state index in [4.69, 9.17) is 63.2 Å². The molecule has 0 saturated carbocycles. The molecule has 129 heavy (non-hydrogen) atoms. The van der Waals surface area contributed by atoms with E-state index in [1.165, 1.54) is 87.5 Å². The number of carbonyl (C=O) groups excluding carboxylic acids is 9. The zero-order chi connectivity index (χ0) is 93.4. The number of alkyl halides is 3. The van der Waals surface area contributed by atoms with Crippen LogP contribution in [0.3, 0.4) is 0 Å². The van der Waals surface area contributed by atoms with Crippen molar-refractivity contribution in [2.24, 2.45) is 0 Å². The second-order valence-electron chi connectivity index (χ2n) is 33.8. The molecule has 0 spiro atoms. The van der Waals surface area contributed by atoms with Crippen LogP contribution >= 0.6 is 34.8 Å². The number of piperazine rings is 3. The van der Waals surface area contributed by atoms with Gasteiger partial charge in [0.1, 0.15) is 105 Å². The molecular weight excluding hydrogens is 1720 g/mol. The number of amides is 9. The molecule has 9 aromatic rings. The highest BCUT2D eigenvalue weighted by atomic mass is 35.5.